The number of fused-ring (bicyclic) bond motifs is 1. The molecule has 1 amide bonds. The zero-order valence-corrected chi connectivity index (χ0v) is 8.19. The molecule has 1 heterocycles. The topological polar surface area (TPSA) is 56.0 Å². The zero-order chi connectivity index (χ0) is 9.26. The Morgan fingerprint density at radius 2 is 2.23 bits per heavy atom. The molecule has 0 fully saturated rings. The molecule has 0 unspecified atom stereocenters. The predicted molar refractivity (Wildman–Crippen MR) is 55.1 cm³/mol. The molecule has 2 aromatic rings. The highest BCUT2D eigenvalue weighted by molar-refractivity contribution is 8.14. The van der Waals surface area contributed by atoms with Gasteiger partial charge in [0.05, 0.1) is 10.2 Å². The summed E-state index contributed by atoms with van der Waals surface area (Å²) in [5.74, 6) is 0. The number of thiazole rings is 1. The molecule has 0 spiro atoms. The summed E-state index contributed by atoms with van der Waals surface area (Å²) in [6.07, 6.45) is 0. The summed E-state index contributed by atoms with van der Waals surface area (Å²) in [6, 6.07) is 7.74. The molecule has 0 saturated heterocycles. The van der Waals surface area contributed by atoms with E-state index >= 15 is 0 Å². The van der Waals surface area contributed by atoms with E-state index in [-0.39, 0.29) is 0 Å². The number of nitrogens with two attached hydrogens (primary N) is 1. The van der Waals surface area contributed by atoms with Gasteiger partial charge in [-0.05, 0) is 12.1 Å². The van der Waals surface area contributed by atoms with Crippen LogP contribution < -0.4 is 5.73 Å². The second-order valence-electron chi connectivity index (χ2n) is 2.37. The van der Waals surface area contributed by atoms with Crippen LogP contribution in [0.4, 0.5) is 4.79 Å². The van der Waals surface area contributed by atoms with E-state index in [0.717, 1.165) is 22.0 Å². The summed E-state index contributed by atoms with van der Waals surface area (Å²) in [6.45, 7) is 0. The number of thioether (sulfide) groups is 1. The normalized spacial score (nSPS) is 10.5. The number of benzene rings is 1. The van der Waals surface area contributed by atoms with Crippen molar-refractivity contribution >= 4 is 38.6 Å². The van der Waals surface area contributed by atoms with Crippen molar-refractivity contribution in [1.82, 2.24) is 4.98 Å². The van der Waals surface area contributed by atoms with Crippen LogP contribution in [0.5, 0.6) is 0 Å². The molecule has 0 bridgehead atoms. The highest BCUT2D eigenvalue weighted by Crippen LogP contribution is 2.28. The molecule has 2 rings (SSSR count). The Morgan fingerprint density at radius 1 is 1.46 bits per heavy atom. The Kier molecular flexibility index (Phi) is 2.20. The number of primary amides is 1. The first-order valence-electron chi connectivity index (χ1n) is 3.58. The quantitative estimate of drug-likeness (QED) is 0.735. The molecule has 0 atom stereocenters. The van der Waals surface area contributed by atoms with Crippen LogP contribution in [0.3, 0.4) is 0 Å². The van der Waals surface area contributed by atoms with Gasteiger partial charge in [-0.15, -0.1) is 11.3 Å². The van der Waals surface area contributed by atoms with E-state index in [2.05, 4.69) is 4.98 Å². The summed E-state index contributed by atoms with van der Waals surface area (Å²) in [7, 11) is 0. The van der Waals surface area contributed by atoms with Crippen LogP contribution in [0.25, 0.3) is 10.2 Å². The average molecular weight is 210 g/mol. The van der Waals surface area contributed by atoms with Crippen LogP contribution in [0.1, 0.15) is 0 Å². The van der Waals surface area contributed by atoms with Crippen molar-refractivity contribution in [3.8, 4) is 0 Å². The van der Waals surface area contributed by atoms with Crippen LogP contribution in [-0.2, 0) is 0 Å². The third kappa shape index (κ3) is 1.81. The second-order valence-corrected chi connectivity index (χ2v) is 4.65. The smallest absolute Gasteiger partial charge is 0.283 e. The van der Waals surface area contributed by atoms with Crippen LogP contribution in [-0.4, -0.2) is 10.2 Å². The summed E-state index contributed by atoms with van der Waals surface area (Å²) < 4.78 is 1.78. The Balaban J connectivity index is 2.44. The number of para-hydroxylation sites is 1. The van der Waals surface area contributed by atoms with Crippen LogP contribution in [0.15, 0.2) is 28.6 Å². The van der Waals surface area contributed by atoms with Gasteiger partial charge in [-0.3, -0.25) is 4.79 Å². The van der Waals surface area contributed by atoms with Gasteiger partial charge in [0, 0.05) is 11.8 Å². The van der Waals surface area contributed by atoms with Gasteiger partial charge in [0.1, 0.15) is 0 Å². The lowest BCUT2D eigenvalue weighted by Crippen LogP contribution is -2.00. The van der Waals surface area contributed by atoms with E-state index in [0.29, 0.717) is 4.34 Å². The molecule has 3 nitrogen and oxygen atoms in total. The maximum Gasteiger partial charge on any atom is 0.283 e. The van der Waals surface area contributed by atoms with Gasteiger partial charge in [0.15, 0.2) is 4.34 Å². The molecule has 0 aliphatic carbocycles. The molecule has 0 radical (unpaired) electrons. The summed E-state index contributed by atoms with van der Waals surface area (Å²) in [5, 5.41) is -0.418. The monoisotopic (exact) mass is 210 g/mol. The molecular weight excluding hydrogens is 204 g/mol. The van der Waals surface area contributed by atoms with Gasteiger partial charge in [-0.1, -0.05) is 12.1 Å². The molecule has 5 heteroatoms. The molecule has 13 heavy (non-hydrogen) atoms. The van der Waals surface area contributed by atoms with Crippen molar-refractivity contribution in [3.63, 3.8) is 0 Å². The predicted octanol–water partition coefficient (Wildman–Crippen LogP) is 2.47. The maximum absolute atomic E-state index is 10.6. The second kappa shape index (κ2) is 3.35. The van der Waals surface area contributed by atoms with Gasteiger partial charge < -0.3 is 5.73 Å². The van der Waals surface area contributed by atoms with Gasteiger partial charge >= 0.3 is 0 Å². The lowest BCUT2D eigenvalue weighted by Gasteiger charge is -1.84. The molecule has 0 aliphatic heterocycles. The first kappa shape index (κ1) is 8.52. The lowest BCUT2D eigenvalue weighted by molar-refractivity contribution is 0.267. The molecule has 0 saturated carbocycles. The molecule has 1 aromatic heterocycles. The van der Waals surface area contributed by atoms with Crippen molar-refractivity contribution in [2.75, 3.05) is 0 Å². The van der Waals surface area contributed by atoms with Crippen LogP contribution in [0.2, 0.25) is 0 Å². The van der Waals surface area contributed by atoms with E-state index in [1.165, 1.54) is 11.3 Å². The van der Waals surface area contributed by atoms with E-state index < -0.39 is 5.24 Å². The van der Waals surface area contributed by atoms with Crippen LogP contribution in [0, 0.1) is 0 Å². The number of carbonyl (C=O) groups excluding carboxylic acids is 1. The Morgan fingerprint density at radius 3 is 2.92 bits per heavy atom. The Labute approximate surface area is 83.0 Å². The van der Waals surface area contributed by atoms with Crippen LogP contribution >= 0.6 is 23.1 Å². The van der Waals surface area contributed by atoms with Gasteiger partial charge in [-0.25, -0.2) is 4.98 Å². The number of rotatable bonds is 1. The summed E-state index contributed by atoms with van der Waals surface area (Å²) >= 11 is 2.45. The minimum Gasteiger partial charge on any atom is -0.360 e. The van der Waals surface area contributed by atoms with Gasteiger partial charge in [-0.2, -0.15) is 0 Å². The lowest BCUT2D eigenvalue weighted by atomic mass is 10.3. The molecule has 2 N–H and O–H groups in total. The first-order valence-corrected chi connectivity index (χ1v) is 5.22. The van der Waals surface area contributed by atoms with E-state index in [4.69, 9.17) is 5.73 Å². The minimum atomic E-state index is -0.418. The summed E-state index contributed by atoms with van der Waals surface area (Å²) in [5.41, 5.74) is 5.95. The first-order chi connectivity index (χ1) is 6.25. The minimum absolute atomic E-state index is 0.418. The highest BCUT2D eigenvalue weighted by atomic mass is 32.2. The largest absolute Gasteiger partial charge is 0.360 e. The number of aromatic nitrogens is 1. The number of hydrogen-bond donors (Lipinski definition) is 1. The van der Waals surface area contributed by atoms with E-state index in [1.54, 1.807) is 0 Å². The van der Waals surface area contributed by atoms with E-state index in [9.17, 15) is 4.79 Å². The number of carbonyl (C=O) groups is 1. The summed E-state index contributed by atoms with van der Waals surface area (Å²) in [4.78, 5) is 14.8. The molecular formula is C8H6N2OS2. The average Bonchev–Trinajstić information content (AvgIpc) is 2.44. The Hall–Kier alpha value is -1.07. The maximum atomic E-state index is 10.6. The van der Waals surface area contributed by atoms with Crippen molar-refractivity contribution < 1.29 is 4.79 Å². The fraction of sp³-hybridized carbons (Fsp3) is 0. The highest BCUT2D eigenvalue weighted by Gasteiger charge is 2.05. The molecule has 0 aliphatic rings. The van der Waals surface area contributed by atoms with Gasteiger partial charge in [0.25, 0.3) is 5.24 Å². The number of nitrogens with zero attached hydrogens (tertiary/aromatic N) is 1. The number of hydrogen-bond acceptors (Lipinski definition) is 4. The zero-order valence-electron chi connectivity index (χ0n) is 6.56. The van der Waals surface area contributed by atoms with Crippen molar-refractivity contribution in [2.24, 2.45) is 5.73 Å². The van der Waals surface area contributed by atoms with Crippen molar-refractivity contribution in [3.05, 3.63) is 24.3 Å². The number of amides is 1. The van der Waals surface area contributed by atoms with Gasteiger partial charge in [0.2, 0.25) is 0 Å². The fourth-order valence-electron chi connectivity index (χ4n) is 0.981. The third-order valence-corrected chi connectivity index (χ3v) is 3.26. The van der Waals surface area contributed by atoms with E-state index in [1.807, 2.05) is 24.3 Å². The fourth-order valence-corrected chi connectivity index (χ4v) is 2.68. The van der Waals surface area contributed by atoms with Crippen molar-refractivity contribution in [2.45, 2.75) is 4.34 Å². The standard InChI is InChI=1S/C8H6N2OS2/c9-7(11)13-8-10-5-3-1-2-4-6(5)12-8/h1-4H,(H2,9,11). The van der Waals surface area contributed by atoms with Crippen molar-refractivity contribution in [1.29, 1.82) is 0 Å². The Bertz CT molecular complexity index is 419. The third-order valence-electron chi connectivity index (χ3n) is 1.46. The molecule has 66 valence electrons. The molecule has 1 aromatic carbocycles. The SMILES string of the molecule is NC(=O)Sc1nc2ccccc2s1.